The summed E-state index contributed by atoms with van der Waals surface area (Å²) >= 11 is 0. The van der Waals surface area contributed by atoms with E-state index in [-0.39, 0.29) is 24.9 Å². The average molecular weight is 501 g/mol. The third-order valence-corrected chi connectivity index (χ3v) is 7.63. The highest BCUT2D eigenvalue weighted by Crippen LogP contribution is 2.32. The van der Waals surface area contributed by atoms with E-state index < -0.39 is 18.0 Å². The van der Waals surface area contributed by atoms with Gasteiger partial charge in [0.2, 0.25) is 11.8 Å². The fourth-order valence-electron chi connectivity index (χ4n) is 5.31. The summed E-state index contributed by atoms with van der Waals surface area (Å²) in [7, 11) is 1.62. The number of nitrogens with one attached hydrogen (secondary N) is 3. The van der Waals surface area contributed by atoms with Gasteiger partial charge in [0, 0.05) is 43.9 Å². The van der Waals surface area contributed by atoms with Crippen LogP contribution in [0, 0.1) is 5.92 Å². The van der Waals surface area contributed by atoms with Gasteiger partial charge in [-0.1, -0.05) is 6.07 Å². The van der Waals surface area contributed by atoms with Gasteiger partial charge in [-0.05, 0) is 71.0 Å². The summed E-state index contributed by atoms with van der Waals surface area (Å²) < 4.78 is 6.23. The zero-order chi connectivity index (χ0) is 25.7. The van der Waals surface area contributed by atoms with E-state index in [2.05, 4.69) is 39.7 Å². The minimum Gasteiger partial charge on any atom is -0.373 e. The maximum Gasteiger partial charge on any atom is 0.323 e. The molecule has 0 spiro atoms. The van der Waals surface area contributed by atoms with Gasteiger partial charge < -0.3 is 15.4 Å². The summed E-state index contributed by atoms with van der Waals surface area (Å²) in [5.41, 5.74) is 0.817. The van der Waals surface area contributed by atoms with Crippen LogP contribution in [0.25, 0.3) is 0 Å². The molecule has 10 heteroatoms. The molecule has 1 saturated carbocycles. The van der Waals surface area contributed by atoms with E-state index in [0.717, 1.165) is 44.0 Å². The SMILES string of the molecule is CC(C)N(CC1CCNCC1)C1CC(OCc2cccnc2N(C)C(=O)NC2CCC(=O)NC2=O)C1. The molecule has 1 aliphatic carbocycles. The Labute approximate surface area is 213 Å². The number of hydrogen-bond acceptors (Lipinski definition) is 7. The summed E-state index contributed by atoms with van der Waals surface area (Å²) in [6.07, 6.45) is 6.87. The number of hydrogen-bond donors (Lipinski definition) is 3. The third-order valence-electron chi connectivity index (χ3n) is 7.63. The number of pyridine rings is 1. The van der Waals surface area contributed by atoms with Gasteiger partial charge in [0.1, 0.15) is 11.9 Å². The van der Waals surface area contributed by atoms with Crippen molar-refractivity contribution < 1.29 is 19.1 Å². The molecule has 4 amide bonds. The molecule has 1 aromatic heterocycles. The van der Waals surface area contributed by atoms with Crippen LogP contribution in [0.15, 0.2) is 18.3 Å². The van der Waals surface area contributed by atoms with Crippen LogP contribution in [0.2, 0.25) is 0 Å². The van der Waals surface area contributed by atoms with Crippen molar-refractivity contribution in [3.63, 3.8) is 0 Å². The highest BCUT2D eigenvalue weighted by atomic mass is 16.5. The number of urea groups is 1. The second-order valence-corrected chi connectivity index (χ2v) is 10.5. The number of imide groups is 1. The standard InChI is InChI=1S/C26H40N6O4/c1-17(2)32(15-18-8-11-27-12-9-18)20-13-21(14-20)36-16-19-5-4-10-28-24(19)31(3)26(35)29-22-6-7-23(33)30-25(22)34/h4-5,10,17-18,20-22,27H,6-9,11-16H2,1-3H3,(H,29,35)(H,30,33,34). The summed E-state index contributed by atoms with van der Waals surface area (Å²) in [5.74, 6) is 0.470. The number of nitrogens with zero attached hydrogens (tertiary/aromatic N) is 3. The van der Waals surface area contributed by atoms with Crippen molar-refractivity contribution in [1.29, 1.82) is 0 Å². The molecule has 0 radical (unpaired) electrons. The van der Waals surface area contributed by atoms with Crippen molar-refractivity contribution in [2.24, 2.45) is 5.92 Å². The van der Waals surface area contributed by atoms with E-state index in [0.29, 0.717) is 24.5 Å². The third kappa shape index (κ3) is 6.60. The minimum absolute atomic E-state index is 0.194. The highest BCUT2D eigenvalue weighted by molar-refractivity contribution is 6.02. The van der Waals surface area contributed by atoms with Crippen LogP contribution >= 0.6 is 0 Å². The monoisotopic (exact) mass is 500 g/mol. The molecule has 3 fully saturated rings. The number of carbonyl (C=O) groups excluding carboxylic acids is 3. The van der Waals surface area contributed by atoms with E-state index >= 15 is 0 Å². The molecule has 1 unspecified atom stereocenters. The van der Waals surface area contributed by atoms with Gasteiger partial charge in [-0.3, -0.25) is 24.7 Å². The van der Waals surface area contributed by atoms with Gasteiger partial charge in [0.15, 0.2) is 0 Å². The van der Waals surface area contributed by atoms with Crippen molar-refractivity contribution >= 4 is 23.7 Å². The number of carbonyl (C=O) groups is 3. The van der Waals surface area contributed by atoms with Crippen molar-refractivity contribution in [1.82, 2.24) is 25.8 Å². The fraction of sp³-hybridized carbons (Fsp3) is 0.692. The topological polar surface area (TPSA) is 116 Å². The van der Waals surface area contributed by atoms with E-state index in [9.17, 15) is 14.4 Å². The summed E-state index contributed by atoms with van der Waals surface area (Å²) in [6, 6.07) is 3.64. The predicted molar refractivity (Wildman–Crippen MR) is 136 cm³/mol. The molecule has 3 N–H and O–H groups in total. The second kappa shape index (κ2) is 12.1. The Kier molecular flexibility index (Phi) is 8.92. The quantitative estimate of drug-likeness (QED) is 0.443. The normalized spacial score (nSPS) is 25.0. The Hall–Kier alpha value is -2.56. The zero-order valence-electron chi connectivity index (χ0n) is 21.7. The van der Waals surface area contributed by atoms with Gasteiger partial charge >= 0.3 is 6.03 Å². The van der Waals surface area contributed by atoms with Crippen LogP contribution in [0.1, 0.15) is 57.9 Å². The molecule has 198 valence electrons. The first kappa shape index (κ1) is 26.5. The molecule has 36 heavy (non-hydrogen) atoms. The summed E-state index contributed by atoms with van der Waals surface area (Å²) in [4.78, 5) is 44.6. The first-order valence-corrected chi connectivity index (χ1v) is 13.2. The molecule has 2 saturated heterocycles. The largest absolute Gasteiger partial charge is 0.373 e. The number of piperidine rings is 2. The Morgan fingerprint density at radius 1 is 1.22 bits per heavy atom. The van der Waals surface area contributed by atoms with Crippen LogP contribution in [0.4, 0.5) is 10.6 Å². The van der Waals surface area contributed by atoms with Crippen LogP contribution in [0.5, 0.6) is 0 Å². The number of anilines is 1. The van der Waals surface area contributed by atoms with Crippen molar-refractivity contribution in [2.45, 2.75) is 83.2 Å². The molecule has 1 aromatic rings. The molecular weight excluding hydrogens is 460 g/mol. The van der Waals surface area contributed by atoms with Gasteiger partial charge in [0.25, 0.3) is 0 Å². The van der Waals surface area contributed by atoms with Crippen LogP contribution in [-0.2, 0) is 20.9 Å². The minimum atomic E-state index is -0.734. The average Bonchev–Trinajstić information content (AvgIpc) is 2.84. The molecular formula is C26H40N6O4. The first-order chi connectivity index (χ1) is 17.3. The van der Waals surface area contributed by atoms with Gasteiger partial charge in [-0.15, -0.1) is 0 Å². The number of ether oxygens (including phenoxy) is 1. The smallest absolute Gasteiger partial charge is 0.323 e. The molecule has 0 aromatic carbocycles. The fourth-order valence-corrected chi connectivity index (χ4v) is 5.31. The van der Waals surface area contributed by atoms with Gasteiger partial charge in [-0.2, -0.15) is 0 Å². The lowest BCUT2D eigenvalue weighted by Gasteiger charge is -2.46. The Morgan fingerprint density at radius 3 is 2.67 bits per heavy atom. The molecule has 0 bridgehead atoms. The van der Waals surface area contributed by atoms with E-state index in [1.807, 2.05) is 12.1 Å². The number of rotatable bonds is 9. The maximum absolute atomic E-state index is 12.8. The first-order valence-electron chi connectivity index (χ1n) is 13.2. The Balaban J connectivity index is 1.27. The number of aromatic nitrogens is 1. The lowest BCUT2D eigenvalue weighted by molar-refractivity contribution is -0.134. The molecule has 2 aliphatic heterocycles. The Bertz CT molecular complexity index is 929. The molecule has 10 nitrogen and oxygen atoms in total. The summed E-state index contributed by atoms with van der Waals surface area (Å²) in [6.45, 7) is 8.35. The van der Waals surface area contributed by atoms with Gasteiger partial charge in [0.05, 0.1) is 12.7 Å². The van der Waals surface area contributed by atoms with E-state index in [1.165, 1.54) is 17.7 Å². The Morgan fingerprint density at radius 2 is 1.97 bits per heavy atom. The number of amides is 4. The predicted octanol–water partition coefficient (Wildman–Crippen LogP) is 1.79. The molecule has 3 aliphatic rings. The molecule has 1 atom stereocenters. The maximum atomic E-state index is 12.8. The second-order valence-electron chi connectivity index (χ2n) is 10.5. The van der Waals surface area contributed by atoms with Gasteiger partial charge in [-0.25, -0.2) is 9.78 Å². The van der Waals surface area contributed by atoms with Crippen molar-refractivity contribution in [2.75, 3.05) is 31.6 Å². The summed E-state index contributed by atoms with van der Waals surface area (Å²) in [5, 5.41) is 8.41. The lowest BCUT2D eigenvalue weighted by atomic mass is 9.85. The van der Waals surface area contributed by atoms with E-state index in [1.54, 1.807) is 13.2 Å². The van der Waals surface area contributed by atoms with Crippen molar-refractivity contribution in [3.05, 3.63) is 23.9 Å². The zero-order valence-corrected chi connectivity index (χ0v) is 21.7. The molecule has 3 heterocycles. The lowest BCUT2D eigenvalue weighted by Crippen LogP contribution is -2.54. The molecule has 4 rings (SSSR count). The highest BCUT2D eigenvalue weighted by Gasteiger charge is 2.37. The van der Waals surface area contributed by atoms with Crippen LogP contribution in [-0.4, -0.2) is 78.6 Å². The van der Waals surface area contributed by atoms with Crippen LogP contribution < -0.4 is 20.9 Å². The van der Waals surface area contributed by atoms with E-state index in [4.69, 9.17) is 4.74 Å². The van der Waals surface area contributed by atoms with Crippen molar-refractivity contribution in [3.8, 4) is 0 Å². The van der Waals surface area contributed by atoms with Crippen LogP contribution in [0.3, 0.4) is 0 Å².